The van der Waals surface area contributed by atoms with Gasteiger partial charge in [0.15, 0.2) is 0 Å². The minimum absolute atomic E-state index is 0.0146. The quantitative estimate of drug-likeness (QED) is 0.428. The molecule has 1 heterocycles. The number of fused-ring (bicyclic) bond motifs is 8. The van der Waals surface area contributed by atoms with Gasteiger partial charge in [-0.05, 0) is 54.5 Å². The van der Waals surface area contributed by atoms with Crippen molar-refractivity contribution in [2.75, 3.05) is 7.11 Å². The van der Waals surface area contributed by atoms with Gasteiger partial charge in [-0.15, -0.1) is 0 Å². The Balaban J connectivity index is 1.91. The van der Waals surface area contributed by atoms with Crippen LogP contribution in [0.1, 0.15) is 75.5 Å². The van der Waals surface area contributed by atoms with Crippen LogP contribution in [0.4, 0.5) is 0 Å². The van der Waals surface area contributed by atoms with E-state index < -0.39 is 5.41 Å². The van der Waals surface area contributed by atoms with Crippen molar-refractivity contribution >= 4 is 28.5 Å². The highest BCUT2D eigenvalue weighted by atomic mass is 35.5. The maximum Gasteiger partial charge on any atom is 0.312 e. The molecule has 162 valence electrons. The summed E-state index contributed by atoms with van der Waals surface area (Å²) in [6.45, 7) is 8.90. The van der Waals surface area contributed by atoms with Gasteiger partial charge in [-0.1, -0.05) is 63.1 Å². The zero-order chi connectivity index (χ0) is 22.1. The number of hydrogen-bond acceptors (Lipinski definition) is 2. The number of halogens is 1. The lowest BCUT2D eigenvalue weighted by atomic mass is 9.49. The molecule has 3 aromatic rings. The fourth-order valence-corrected chi connectivity index (χ4v) is 6.76. The fraction of sp³-hybridized carbons (Fsp3) is 0.444. The van der Waals surface area contributed by atoms with Gasteiger partial charge in [0.05, 0.1) is 28.8 Å². The largest absolute Gasteiger partial charge is 0.469 e. The molecule has 1 fully saturated rings. The Morgan fingerprint density at radius 2 is 1.97 bits per heavy atom. The second-order valence-corrected chi connectivity index (χ2v) is 10.6. The van der Waals surface area contributed by atoms with Crippen LogP contribution in [-0.2, 0) is 14.9 Å². The first-order valence-corrected chi connectivity index (χ1v) is 11.6. The average Bonchev–Trinajstić information content (AvgIpc) is 3.13. The number of hydrogen-bond donors (Lipinski definition) is 1. The van der Waals surface area contributed by atoms with Crippen LogP contribution in [0.25, 0.3) is 22.2 Å². The molecule has 1 aromatic heterocycles. The summed E-state index contributed by atoms with van der Waals surface area (Å²) in [5.74, 6) is 0.341. The number of rotatable bonds is 2. The Bertz CT molecular complexity index is 1210. The number of nitrogens with one attached hydrogen (secondary N) is 1. The molecule has 5 rings (SSSR count). The molecule has 1 N–H and O–H groups in total. The highest BCUT2D eigenvalue weighted by Gasteiger charge is 2.58. The van der Waals surface area contributed by atoms with E-state index >= 15 is 0 Å². The molecule has 3 atom stereocenters. The van der Waals surface area contributed by atoms with E-state index in [0.29, 0.717) is 10.9 Å². The van der Waals surface area contributed by atoms with E-state index in [0.717, 1.165) is 35.9 Å². The van der Waals surface area contributed by atoms with Crippen LogP contribution in [0.2, 0.25) is 5.02 Å². The van der Waals surface area contributed by atoms with Gasteiger partial charge < -0.3 is 9.72 Å². The summed E-state index contributed by atoms with van der Waals surface area (Å²) < 4.78 is 5.38. The highest BCUT2D eigenvalue weighted by Crippen LogP contribution is 2.64. The Labute approximate surface area is 189 Å². The van der Waals surface area contributed by atoms with Crippen LogP contribution in [0.3, 0.4) is 0 Å². The van der Waals surface area contributed by atoms with Crippen molar-refractivity contribution in [3.63, 3.8) is 0 Å². The van der Waals surface area contributed by atoms with E-state index in [9.17, 15) is 4.79 Å². The molecular formula is C27H30ClNO2. The van der Waals surface area contributed by atoms with Crippen molar-refractivity contribution in [2.45, 2.75) is 64.2 Å². The number of esters is 1. The lowest BCUT2D eigenvalue weighted by molar-refractivity contribution is -0.157. The third-order valence-corrected chi connectivity index (χ3v) is 8.34. The minimum Gasteiger partial charge on any atom is -0.469 e. The number of aromatic nitrogens is 1. The van der Waals surface area contributed by atoms with Gasteiger partial charge >= 0.3 is 5.97 Å². The van der Waals surface area contributed by atoms with Gasteiger partial charge in [0, 0.05) is 22.3 Å². The first kappa shape index (κ1) is 20.6. The number of carbonyl (C=O) groups is 1. The average molecular weight is 436 g/mol. The van der Waals surface area contributed by atoms with Gasteiger partial charge in [-0.3, -0.25) is 4.79 Å². The molecule has 0 saturated heterocycles. The van der Waals surface area contributed by atoms with Crippen molar-refractivity contribution in [3.8, 4) is 11.3 Å². The van der Waals surface area contributed by atoms with Crippen molar-refractivity contribution in [1.29, 1.82) is 0 Å². The number of H-pyrrole nitrogens is 1. The van der Waals surface area contributed by atoms with E-state index in [4.69, 9.17) is 16.3 Å². The van der Waals surface area contributed by atoms with Gasteiger partial charge in [-0.2, -0.15) is 0 Å². The molecule has 0 unspecified atom stereocenters. The van der Waals surface area contributed by atoms with Gasteiger partial charge in [0.25, 0.3) is 0 Å². The number of aromatic amines is 1. The minimum atomic E-state index is -0.595. The number of carbonyl (C=O) groups excluding carboxylic acids is 1. The summed E-state index contributed by atoms with van der Waals surface area (Å²) in [6, 6.07) is 13.0. The molecule has 1 saturated carbocycles. The van der Waals surface area contributed by atoms with Crippen LogP contribution < -0.4 is 0 Å². The van der Waals surface area contributed by atoms with E-state index in [1.54, 1.807) is 0 Å². The predicted octanol–water partition coefficient (Wildman–Crippen LogP) is 7.33. The molecule has 2 aliphatic rings. The van der Waals surface area contributed by atoms with Crippen molar-refractivity contribution in [1.82, 2.24) is 4.98 Å². The summed E-state index contributed by atoms with van der Waals surface area (Å²) in [5, 5.41) is 1.84. The number of benzene rings is 2. The molecule has 2 aromatic carbocycles. The van der Waals surface area contributed by atoms with Crippen molar-refractivity contribution in [3.05, 3.63) is 58.1 Å². The number of para-hydroxylation sites is 1. The van der Waals surface area contributed by atoms with E-state index in [2.05, 4.69) is 56.9 Å². The third-order valence-electron chi connectivity index (χ3n) is 8.02. The molecule has 0 amide bonds. The Hall–Kier alpha value is -2.26. The van der Waals surface area contributed by atoms with Gasteiger partial charge in [0.1, 0.15) is 0 Å². The summed E-state index contributed by atoms with van der Waals surface area (Å²) in [6.07, 6.45) is 2.87. The number of ether oxygens (including phenoxy) is 1. The molecule has 0 radical (unpaired) electrons. The predicted molar refractivity (Wildman–Crippen MR) is 127 cm³/mol. The fourth-order valence-electron chi connectivity index (χ4n) is 6.54. The molecule has 3 nitrogen and oxygen atoms in total. The molecule has 0 spiro atoms. The molecule has 2 aliphatic carbocycles. The van der Waals surface area contributed by atoms with E-state index in [1.807, 2.05) is 12.1 Å². The standard InChI is InChI=1S/C27H30ClNO2/c1-15(2)16-10-11-19-18(14-16)23-21(17-8-6-9-20(28)22(17)29-23)24-26(19,3)12-7-13-27(24,4)25(30)31-5/h6,8-11,14-15,24,29H,7,12-13H2,1-5H3/t24-,26-,27-/m1/s1. The van der Waals surface area contributed by atoms with Crippen molar-refractivity contribution < 1.29 is 9.53 Å². The number of methoxy groups -OCH3 is 1. The molecule has 31 heavy (non-hydrogen) atoms. The summed E-state index contributed by atoms with van der Waals surface area (Å²) in [7, 11) is 1.51. The third kappa shape index (κ3) is 2.68. The Morgan fingerprint density at radius 1 is 1.19 bits per heavy atom. The molecule has 4 heteroatoms. The Morgan fingerprint density at radius 3 is 2.68 bits per heavy atom. The highest BCUT2D eigenvalue weighted by molar-refractivity contribution is 6.35. The summed E-state index contributed by atoms with van der Waals surface area (Å²) in [4.78, 5) is 16.9. The lowest BCUT2D eigenvalue weighted by Gasteiger charge is -2.54. The SMILES string of the molecule is COC(=O)[C@]1(C)CCC[C@]2(C)c3ccc(C(C)C)cc3-c3[nH]c4c(Cl)cccc4c3[C@@H]12. The van der Waals surface area contributed by atoms with Crippen LogP contribution >= 0.6 is 11.6 Å². The molecular weight excluding hydrogens is 406 g/mol. The van der Waals surface area contributed by atoms with Crippen LogP contribution in [-0.4, -0.2) is 18.1 Å². The van der Waals surface area contributed by atoms with Crippen LogP contribution in [0.5, 0.6) is 0 Å². The molecule has 0 bridgehead atoms. The monoisotopic (exact) mass is 435 g/mol. The van der Waals surface area contributed by atoms with E-state index in [1.165, 1.54) is 29.4 Å². The first-order valence-electron chi connectivity index (χ1n) is 11.3. The second-order valence-electron chi connectivity index (χ2n) is 10.1. The first-order chi connectivity index (χ1) is 14.7. The smallest absolute Gasteiger partial charge is 0.312 e. The second kappa shape index (κ2) is 6.87. The summed E-state index contributed by atoms with van der Waals surface area (Å²) in [5.41, 5.74) is 6.44. The molecule has 0 aliphatic heterocycles. The zero-order valence-electron chi connectivity index (χ0n) is 18.9. The maximum absolute atomic E-state index is 13.2. The normalized spacial score (nSPS) is 27.0. The lowest BCUT2D eigenvalue weighted by Crippen LogP contribution is -2.50. The maximum atomic E-state index is 13.2. The van der Waals surface area contributed by atoms with E-state index in [-0.39, 0.29) is 17.3 Å². The van der Waals surface area contributed by atoms with Crippen LogP contribution in [0.15, 0.2) is 36.4 Å². The zero-order valence-corrected chi connectivity index (χ0v) is 19.7. The summed E-state index contributed by atoms with van der Waals surface area (Å²) >= 11 is 6.63. The van der Waals surface area contributed by atoms with Gasteiger partial charge in [-0.25, -0.2) is 0 Å². The van der Waals surface area contributed by atoms with Crippen LogP contribution in [0, 0.1) is 5.41 Å². The topological polar surface area (TPSA) is 42.1 Å². The Kier molecular flexibility index (Phi) is 4.57. The van der Waals surface area contributed by atoms with Crippen molar-refractivity contribution in [2.24, 2.45) is 5.41 Å². The van der Waals surface area contributed by atoms with Gasteiger partial charge in [0.2, 0.25) is 0 Å².